The number of anilines is 1. The minimum Gasteiger partial charge on any atom is -0.494 e. The van der Waals surface area contributed by atoms with Crippen molar-refractivity contribution in [2.45, 2.75) is 0 Å². The lowest BCUT2D eigenvalue weighted by Gasteiger charge is -2.09. The Hall–Kier alpha value is -3.61. The number of methoxy groups -OCH3 is 2. The van der Waals surface area contributed by atoms with E-state index in [1.807, 2.05) is 36.4 Å². The fourth-order valence-electron chi connectivity index (χ4n) is 2.94. The third-order valence-electron chi connectivity index (χ3n) is 4.14. The number of ether oxygens (including phenoxy) is 2. The number of carbonyl (C=O) groups is 1. The Morgan fingerprint density at radius 3 is 2.73 bits per heavy atom. The molecule has 0 aliphatic carbocycles. The third-order valence-corrected chi connectivity index (χ3v) is 4.14. The molecule has 4 aromatic rings. The van der Waals surface area contributed by atoms with Crippen LogP contribution in [-0.4, -0.2) is 35.3 Å². The molecule has 130 valence electrons. The monoisotopic (exact) mass is 348 g/mol. The van der Waals surface area contributed by atoms with Gasteiger partial charge in [0.05, 0.1) is 14.2 Å². The first-order valence-corrected chi connectivity index (χ1v) is 7.96. The van der Waals surface area contributed by atoms with E-state index >= 15 is 0 Å². The Bertz CT molecular complexity index is 1120. The molecule has 0 fully saturated rings. The number of para-hydroxylation sites is 1. The molecule has 0 unspecified atom stereocenters. The van der Waals surface area contributed by atoms with E-state index in [-0.39, 0.29) is 5.91 Å². The highest BCUT2D eigenvalue weighted by atomic mass is 16.5. The first-order chi connectivity index (χ1) is 12.7. The molecule has 26 heavy (non-hydrogen) atoms. The molecule has 7 heteroatoms. The molecule has 0 spiro atoms. The molecule has 0 aliphatic rings. The van der Waals surface area contributed by atoms with Crippen LogP contribution in [0.3, 0.4) is 0 Å². The summed E-state index contributed by atoms with van der Waals surface area (Å²) >= 11 is 0. The highest BCUT2D eigenvalue weighted by Gasteiger charge is 2.17. The number of H-pyrrole nitrogens is 1. The SMILES string of the molecule is COc1cc(NC(=O)c2n[nH]c3c(OC)cccc23)cc2cccnc12. The molecular formula is C19H16N4O3. The molecule has 0 saturated heterocycles. The highest BCUT2D eigenvalue weighted by Crippen LogP contribution is 2.29. The van der Waals surface area contributed by atoms with Crippen molar-refractivity contribution >= 4 is 33.4 Å². The number of amides is 1. The minimum atomic E-state index is -0.324. The Balaban J connectivity index is 1.72. The standard InChI is InChI=1S/C19H16N4O3/c1-25-14-7-3-6-13-17(14)22-23-18(13)19(24)21-12-9-11-5-4-8-20-16(11)15(10-12)26-2/h3-10H,1-2H3,(H,21,24)(H,22,23). The predicted octanol–water partition coefficient (Wildman–Crippen LogP) is 3.38. The molecule has 0 bridgehead atoms. The number of fused-ring (bicyclic) bond motifs is 2. The number of aromatic amines is 1. The van der Waals surface area contributed by atoms with E-state index in [1.54, 1.807) is 26.5 Å². The fourth-order valence-corrected chi connectivity index (χ4v) is 2.94. The summed E-state index contributed by atoms with van der Waals surface area (Å²) in [6, 6.07) is 12.8. The Morgan fingerprint density at radius 2 is 1.92 bits per heavy atom. The van der Waals surface area contributed by atoms with Crippen molar-refractivity contribution in [1.29, 1.82) is 0 Å². The lowest BCUT2D eigenvalue weighted by atomic mass is 10.1. The molecule has 7 nitrogen and oxygen atoms in total. The summed E-state index contributed by atoms with van der Waals surface area (Å²) in [6.45, 7) is 0. The van der Waals surface area contributed by atoms with Gasteiger partial charge in [-0.05, 0) is 18.2 Å². The summed E-state index contributed by atoms with van der Waals surface area (Å²) in [5.41, 5.74) is 2.32. The van der Waals surface area contributed by atoms with Crippen LogP contribution in [0.2, 0.25) is 0 Å². The number of pyridine rings is 1. The zero-order valence-corrected chi connectivity index (χ0v) is 14.2. The van der Waals surface area contributed by atoms with E-state index < -0.39 is 0 Å². The Morgan fingerprint density at radius 1 is 1.08 bits per heavy atom. The van der Waals surface area contributed by atoms with Gasteiger partial charge in [-0.2, -0.15) is 5.10 Å². The summed E-state index contributed by atoms with van der Waals surface area (Å²) < 4.78 is 10.7. The molecule has 1 amide bonds. The van der Waals surface area contributed by atoms with Crippen LogP contribution < -0.4 is 14.8 Å². The van der Waals surface area contributed by atoms with Crippen LogP contribution in [0.5, 0.6) is 11.5 Å². The molecule has 4 rings (SSSR count). The molecule has 0 atom stereocenters. The van der Waals surface area contributed by atoms with Gasteiger partial charge in [-0.3, -0.25) is 14.9 Å². The minimum absolute atomic E-state index is 0.296. The quantitative estimate of drug-likeness (QED) is 0.590. The van der Waals surface area contributed by atoms with Crippen molar-refractivity contribution < 1.29 is 14.3 Å². The lowest BCUT2D eigenvalue weighted by molar-refractivity contribution is 0.102. The van der Waals surface area contributed by atoms with Crippen LogP contribution in [0.25, 0.3) is 21.8 Å². The van der Waals surface area contributed by atoms with Crippen LogP contribution >= 0.6 is 0 Å². The first kappa shape index (κ1) is 15.9. The molecule has 0 aliphatic heterocycles. The summed E-state index contributed by atoms with van der Waals surface area (Å²) in [6.07, 6.45) is 1.70. The van der Waals surface area contributed by atoms with Crippen LogP contribution in [0.1, 0.15) is 10.5 Å². The zero-order chi connectivity index (χ0) is 18.1. The number of aromatic nitrogens is 3. The predicted molar refractivity (Wildman–Crippen MR) is 98.9 cm³/mol. The largest absolute Gasteiger partial charge is 0.494 e. The van der Waals surface area contributed by atoms with Crippen molar-refractivity contribution in [2.75, 3.05) is 19.5 Å². The fraction of sp³-hybridized carbons (Fsp3) is 0.105. The number of benzene rings is 2. The number of nitrogens with zero attached hydrogens (tertiary/aromatic N) is 2. The summed E-state index contributed by atoms with van der Waals surface area (Å²) in [7, 11) is 3.15. The van der Waals surface area contributed by atoms with E-state index in [0.29, 0.717) is 33.8 Å². The van der Waals surface area contributed by atoms with Crippen molar-refractivity contribution in [2.24, 2.45) is 0 Å². The molecule has 0 radical (unpaired) electrons. The maximum atomic E-state index is 12.7. The maximum Gasteiger partial charge on any atom is 0.276 e. The van der Waals surface area contributed by atoms with Crippen LogP contribution in [0.15, 0.2) is 48.7 Å². The summed E-state index contributed by atoms with van der Waals surface area (Å²) in [4.78, 5) is 17.0. The van der Waals surface area contributed by atoms with Crippen LogP contribution in [0.4, 0.5) is 5.69 Å². The number of nitrogens with one attached hydrogen (secondary N) is 2. The van der Waals surface area contributed by atoms with Gasteiger partial charge < -0.3 is 14.8 Å². The third kappa shape index (κ3) is 2.59. The van der Waals surface area contributed by atoms with Gasteiger partial charge in [0.15, 0.2) is 5.69 Å². The molecular weight excluding hydrogens is 332 g/mol. The second-order valence-corrected chi connectivity index (χ2v) is 5.66. The normalized spacial score (nSPS) is 10.8. The van der Waals surface area contributed by atoms with Gasteiger partial charge in [0.25, 0.3) is 5.91 Å². The van der Waals surface area contributed by atoms with E-state index in [0.717, 1.165) is 10.9 Å². The second-order valence-electron chi connectivity index (χ2n) is 5.66. The van der Waals surface area contributed by atoms with Gasteiger partial charge in [-0.15, -0.1) is 0 Å². The number of hydrogen-bond donors (Lipinski definition) is 2. The lowest BCUT2D eigenvalue weighted by Crippen LogP contribution is -2.13. The van der Waals surface area contributed by atoms with Gasteiger partial charge in [0.2, 0.25) is 0 Å². The van der Waals surface area contributed by atoms with Crippen molar-refractivity contribution in [3.63, 3.8) is 0 Å². The molecule has 2 aromatic heterocycles. The topological polar surface area (TPSA) is 89.1 Å². The van der Waals surface area contributed by atoms with E-state index in [2.05, 4.69) is 20.5 Å². The maximum absolute atomic E-state index is 12.7. The first-order valence-electron chi connectivity index (χ1n) is 7.96. The Labute approximate surface area is 149 Å². The van der Waals surface area contributed by atoms with Gasteiger partial charge in [0.1, 0.15) is 22.5 Å². The number of rotatable bonds is 4. The van der Waals surface area contributed by atoms with Crippen molar-refractivity contribution in [3.8, 4) is 11.5 Å². The smallest absolute Gasteiger partial charge is 0.276 e. The van der Waals surface area contributed by atoms with Crippen LogP contribution in [-0.2, 0) is 0 Å². The van der Waals surface area contributed by atoms with Crippen LogP contribution in [0, 0.1) is 0 Å². The number of carbonyl (C=O) groups excluding carboxylic acids is 1. The average Bonchev–Trinajstić information content (AvgIpc) is 3.11. The summed E-state index contributed by atoms with van der Waals surface area (Å²) in [5.74, 6) is 0.897. The van der Waals surface area contributed by atoms with Crippen molar-refractivity contribution in [1.82, 2.24) is 15.2 Å². The summed E-state index contributed by atoms with van der Waals surface area (Å²) in [5, 5.41) is 11.4. The van der Waals surface area contributed by atoms with E-state index in [9.17, 15) is 4.79 Å². The van der Waals surface area contributed by atoms with Gasteiger partial charge in [-0.1, -0.05) is 18.2 Å². The van der Waals surface area contributed by atoms with E-state index in [1.165, 1.54) is 0 Å². The molecule has 2 N–H and O–H groups in total. The molecule has 2 aromatic carbocycles. The average molecular weight is 348 g/mol. The van der Waals surface area contributed by atoms with Gasteiger partial charge in [0, 0.05) is 28.7 Å². The molecule has 2 heterocycles. The zero-order valence-electron chi connectivity index (χ0n) is 14.2. The highest BCUT2D eigenvalue weighted by molar-refractivity contribution is 6.12. The van der Waals surface area contributed by atoms with E-state index in [4.69, 9.17) is 9.47 Å². The molecule has 0 saturated carbocycles. The van der Waals surface area contributed by atoms with Crippen molar-refractivity contribution in [3.05, 3.63) is 54.4 Å². The van der Waals surface area contributed by atoms with Gasteiger partial charge >= 0.3 is 0 Å². The number of hydrogen-bond acceptors (Lipinski definition) is 5. The Kier molecular flexibility index (Phi) is 3.89. The van der Waals surface area contributed by atoms with Gasteiger partial charge in [-0.25, -0.2) is 0 Å². The second kappa shape index (κ2) is 6.36.